The predicted molar refractivity (Wildman–Crippen MR) is 97.9 cm³/mol. The number of carbonyl (C=O) groups excluding carboxylic acids is 2. The van der Waals surface area contributed by atoms with Gasteiger partial charge in [-0.25, -0.2) is 9.18 Å². The molecule has 0 atom stereocenters. The summed E-state index contributed by atoms with van der Waals surface area (Å²) in [6.07, 6.45) is 0. The molecule has 1 N–H and O–H groups in total. The van der Waals surface area contributed by atoms with Gasteiger partial charge in [0.25, 0.3) is 5.91 Å². The van der Waals surface area contributed by atoms with Crippen molar-refractivity contribution in [1.29, 1.82) is 0 Å². The van der Waals surface area contributed by atoms with Gasteiger partial charge in [0.15, 0.2) is 0 Å². The minimum Gasteiger partial charge on any atom is -0.495 e. The summed E-state index contributed by atoms with van der Waals surface area (Å²) < 4.78 is 19.4. The molecule has 2 aromatic rings. The van der Waals surface area contributed by atoms with Crippen LogP contribution in [0.2, 0.25) is 5.02 Å². The number of nitrogens with one attached hydrogen (secondary N) is 1. The van der Waals surface area contributed by atoms with E-state index in [0.29, 0.717) is 30.1 Å². The van der Waals surface area contributed by atoms with Crippen LogP contribution in [0.4, 0.5) is 20.6 Å². The molecule has 1 aliphatic rings. The molecule has 0 radical (unpaired) electrons. The number of benzene rings is 2. The van der Waals surface area contributed by atoms with Crippen LogP contribution < -0.4 is 19.9 Å². The molecule has 0 saturated carbocycles. The zero-order chi connectivity index (χ0) is 18.8. The Balaban J connectivity index is 1.95. The second-order valence-electron chi connectivity index (χ2n) is 5.73. The van der Waals surface area contributed by atoms with Crippen molar-refractivity contribution in [1.82, 2.24) is 5.32 Å². The summed E-state index contributed by atoms with van der Waals surface area (Å²) in [6, 6.07) is 8.59. The van der Waals surface area contributed by atoms with Gasteiger partial charge in [0.2, 0.25) is 0 Å². The molecule has 3 rings (SSSR count). The normalized spacial score (nSPS) is 13.5. The zero-order valence-corrected chi connectivity index (χ0v) is 15.0. The fourth-order valence-corrected chi connectivity index (χ4v) is 2.95. The Morgan fingerprint density at radius 3 is 2.69 bits per heavy atom. The first kappa shape index (κ1) is 18.0. The van der Waals surface area contributed by atoms with E-state index in [4.69, 9.17) is 16.3 Å². The van der Waals surface area contributed by atoms with Crippen molar-refractivity contribution in [2.75, 3.05) is 37.0 Å². The van der Waals surface area contributed by atoms with Gasteiger partial charge in [-0.2, -0.15) is 0 Å². The van der Waals surface area contributed by atoms with Gasteiger partial charge in [-0.1, -0.05) is 11.6 Å². The van der Waals surface area contributed by atoms with Gasteiger partial charge in [0.05, 0.1) is 18.5 Å². The first-order valence-electron chi connectivity index (χ1n) is 7.89. The minimum absolute atomic E-state index is 0.107. The minimum atomic E-state index is -0.596. The van der Waals surface area contributed by atoms with Crippen molar-refractivity contribution in [2.24, 2.45) is 0 Å². The molecule has 8 heteroatoms. The number of carbonyl (C=O) groups is 2. The number of rotatable bonds is 4. The summed E-state index contributed by atoms with van der Waals surface area (Å²) in [5.74, 6) is -0.547. The van der Waals surface area contributed by atoms with Crippen LogP contribution in [0.25, 0.3) is 0 Å². The molecule has 6 nitrogen and oxygen atoms in total. The summed E-state index contributed by atoms with van der Waals surface area (Å²) >= 11 is 5.76. The van der Waals surface area contributed by atoms with E-state index < -0.39 is 11.7 Å². The van der Waals surface area contributed by atoms with Crippen molar-refractivity contribution in [3.8, 4) is 5.75 Å². The standard InChI is InChI=1S/C18H17ClFN3O3/c1-22(14-5-4-12(19)10-13(14)20)17(24)11-3-6-16(26-2)15(9-11)23-8-7-21-18(23)25/h3-6,9-10H,7-8H2,1-2H3,(H,21,25). The van der Waals surface area contributed by atoms with Gasteiger partial charge >= 0.3 is 6.03 Å². The van der Waals surface area contributed by atoms with Crippen LogP contribution in [0, 0.1) is 5.82 Å². The molecule has 0 bridgehead atoms. The Bertz CT molecular complexity index is 875. The number of nitrogens with zero attached hydrogens (tertiary/aromatic N) is 2. The van der Waals surface area contributed by atoms with E-state index in [1.165, 1.54) is 36.1 Å². The SMILES string of the molecule is COc1ccc(C(=O)N(C)c2ccc(Cl)cc2F)cc1N1CCNC1=O. The molecule has 1 heterocycles. The van der Waals surface area contributed by atoms with Crippen molar-refractivity contribution < 1.29 is 18.7 Å². The molecule has 2 aromatic carbocycles. The summed E-state index contributed by atoms with van der Waals surface area (Å²) in [6.45, 7) is 0.977. The largest absolute Gasteiger partial charge is 0.495 e. The number of amides is 3. The summed E-state index contributed by atoms with van der Waals surface area (Å²) in [4.78, 5) is 27.4. The lowest BCUT2D eigenvalue weighted by atomic mass is 10.1. The second-order valence-corrected chi connectivity index (χ2v) is 6.17. The molecular formula is C18H17ClFN3O3. The van der Waals surface area contributed by atoms with Crippen LogP contribution in [0.3, 0.4) is 0 Å². The smallest absolute Gasteiger partial charge is 0.322 e. The molecule has 0 spiro atoms. The molecule has 0 aromatic heterocycles. The molecule has 1 fully saturated rings. The van der Waals surface area contributed by atoms with Crippen molar-refractivity contribution in [3.05, 3.63) is 52.8 Å². The van der Waals surface area contributed by atoms with E-state index in [1.54, 1.807) is 18.2 Å². The van der Waals surface area contributed by atoms with Gasteiger partial charge in [-0.3, -0.25) is 9.69 Å². The Morgan fingerprint density at radius 1 is 1.31 bits per heavy atom. The van der Waals surface area contributed by atoms with Gasteiger partial charge < -0.3 is 15.0 Å². The maximum atomic E-state index is 14.1. The zero-order valence-electron chi connectivity index (χ0n) is 14.3. The lowest BCUT2D eigenvalue weighted by Gasteiger charge is -2.21. The summed E-state index contributed by atoms with van der Waals surface area (Å²) in [5, 5.41) is 2.95. The monoisotopic (exact) mass is 377 g/mol. The van der Waals surface area contributed by atoms with Gasteiger partial charge in [-0.05, 0) is 36.4 Å². The van der Waals surface area contributed by atoms with Crippen LogP contribution in [-0.4, -0.2) is 39.2 Å². The average molecular weight is 378 g/mol. The fraction of sp³-hybridized carbons (Fsp3) is 0.222. The number of ether oxygens (including phenoxy) is 1. The van der Waals surface area contributed by atoms with E-state index in [2.05, 4.69) is 5.32 Å². The maximum absolute atomic E-state index is 14.1. The highest BCUT2D eigenvalue weighted by Crippen LogP contribution is 2.31. The molecule has 0 aliphatic carbocycles. The van der Waals surface area contributed by atoms with Crippen molar-refractivity contribution in [3.63, 3.8) is 0 Å². The molecule has 0 unspecified atom stereocenters. The molecule has 1 aliphatic heterocycles. The Labute approximate surface area is 155 Å². The fourth-order valence-electron chi connectivity index (χ4n) is 2.79. The Hall–Kier alpha value is -2.80. The molecule has 3 amide bonds. The lowest BCUT2D eigenvalue weighted by molar-refractivity contribution is 0.0992. The van der Waals surface area contributed by atoms with Crippen LogP contribution in [0.5, 0.6) is 5.75 Å². The first-order chi connectivity index (χ1) is 12.4. The van der Waals surface area contributed by atoms with Crippen molar-refractivity contribution >= 4 is 34.9 Å². The Morgan fingerprint density at radius 2 is 2.08 bits per heavy atom. The average Bonchev–Trinajstić information content (AvgIpc) is 3.06. The maximum Gasteiger partial charge on any atom is 0.322 e. The highest BCUT2D eigenvalue weighted by Gasteiger charge is 2.26. The van der Waals surface area contributed by atoms with E-state index in [-0.39, 0.29) is 16.7 Å². The number of hydrogen-bond acceptors (Lipinski definition) is 3. The summed E-state index contributed by atoms with van der Waals surface area (Å²) in [5.41, 5.74) is 0.895. The van der Waals surface area contributed by atoms with E-state index in [1.807, 2.05) is 0 Å². The number of halogens is 2. The van der Waals surface area contributed by atoms with Gasteiger partial charge in [0, 0.05) is 30.7 Å². The third-order valence-electron chi connectivity index (χ3n) is 4.15. The number of hydrogen-bond donors (Lipinski definition) is 1. The molecular weight excluding hydrogens is 361 g/mol. The number of methoxy groups -OCH3 is 1. The third kappa shape index (κ3) is 3.30. The highest BCUT2D eigenvalue weighted by molar-refractivity contribution is 6.30. The summed E-state index contributed by atoms with van der Waals surface area (Å²) in [7, 11) is 2.96. The highest BCUT2D eigenvalue weighted by atomic mass is 35.5. The quantitative estimate of drug-likeness (QED) is 0.889. The molecule has 136 valence electrons. The van der Waals surface area contributed by atoms with Gasteiger partial charge in [0.1, 0.15) is 11.6 Å². The topological polar surface area (TPSA) is 61.9 Å². The molecule has 1 saturated heterocycles. The van der Waals surface area contributed by atoms with E-state index in [9.17, 15) is 14.0 Å². The lowest BCUT2D eigenvalue weighted by Crippen LogP contribution is -2.30. The first-order valence-corrected chi connectivity index (χ1v) is 8.26. The number of urea groups is 1. The predicted octanol–water partition coefficient (Wildman–Crippen LogP) is 3.29. The van der Waals surface area contributed by atoms with Crippen LogP contribution >= 0.6 is 11.6 Å². The van der Waals surface area contributed by atoms with Gasteiger partial charge in [-0.15, -0.1) is 0 Å². The number of anilines is 2. The van der Waals surface area contributed by atoms with E-state index >= 15 is 0 Å². The van der Waals surface area contributed by atoms with Crippen LogP contribution in [0.1, 0.15) is 10.4 Å². The van der Waals surface area contributed by atoms with Crippen LogP contribution in [0.15, 0.2) is 36.4 Å². The Kier molecular flexibility index (Phi) is 4.99. The van der Waals surface area contributed by atoms with E-state index in [0.717, 1.165) is 6.07 Å². The van der Waals surface area contributed by atoms with Crippen LogP contribution in [-0.2, 0) is 0 Å². The molecule has 26 heavy (non-hydrogen) atoms. The van der Waals surface area contributed by atoms with Crippen molar-refractivity contribution in [2.45, 2.75) is 0 Å². The third-order valence-corrected chi connectivity index (χ3v) is 4.38. The second kappa shape index (κ2) is 7.21.